The van der Waals surface area contributed by atoms with Crippen molar-refractivity contribution in [2.24, 2.45) is 4.99 Å². The smallest absolute Gasteiger partial charge is 0.331 e. The van der Waals surface area contributed by atoms with Gasteiger partial charge in [-0.3, -0.25) is 4.99 Å². The Bertz CT molecular complexity index is 959. The van der Waals surface area contributed by atoms with Crippen molar-refractivity contribution in [1.82, 2.24) is 9.97 Å². The van der Waals surface area contributed by atoms with Crippen LogP contribution in [0, 0.1) is 13.8 Å². The number of aliphatic imine (C=N–C) groups is 1. The molecule has 2 aromatic rings. The van der Waals surface area contributed by atoms with Crippen molar-refractivity contribution in [2.75, 3.05) is 5.32 Å². The maximum Gasteiger partial charge on any atom is 0.331 e. The van der Waals surface area contributed by atoms with E-state index in [2.05, 4.69) is 20.3 Å². The van der Waals surface area contributed by atoms with E-state index in [0.29, 0.717) is 5.95 Å². The average molecular weight is 378 g/mol. The third-order valence-electron chi connectivity index (χ3n) is 4.28. The Morgan fingerprint density at radius 2 is 2.07 bits per heavy atom. The molecule has 1 aromatic heterocycles. The van der Waals surface area contributed by atoms with Crippen LogP contribution < -0.4 is 5.32 Å². The number of nitrogens with zero attached hydrogens (tertiary/aromatic N) is 3. The third-order valence-corrected chi connectivity index (χ3v) is 4.28. The molecular formula is C22H26N4O2. The number of rotatable bonds is 7. The Morgan fingerprint density at radius 3 is 2.71 bits per heavy atom. The lowest BCUT2D eigenvalue weighted by Crippen LogP contribution is -2.01. The monoisotopic (exact) mass is 378 g/mol. The van der Waals surface area contributed by atoms with Crippen molar-refractivity contribution in [3.05, 3.63) is 58.4 Å². The Kier molecular flexibility index (Phi) is 7.21. The minimum Gasteiger partial charge on any atom is -0.478 e. The fourth-order valence-corrected chi connectivity index (χ4v) is 2.57. The van der Waals surface area contributed by atoms with E-state index in [9.17, 15) is 4.79 Å². The summed E-state index contributed by atoms with van der Waals surface area (Å²) in [5.74, 6) is -0.477. The summed E-state index contributed by atoms with van der Waals surface area (Å²) >= 11 is 0. The number of carboxylic acid groups (broad SMARTS) is 1. The molecule has 0 amide bonds. The molecule has 0 saturated heterocycles. The maximum absolute atomic E-state index is 11.2. The quantitative estimate of drug-likeness (QED) is 0.513. The van der Waals surface area contributed by atoms with Crippen LogP contribution in [0.1, 0.15) is 49.6 Å². The second-order valence-corrected chi connectivity index (χ2v) is 6.42. The summed E-state index contributed by atoms with van der Waals surface area (Å²) in [5, 5.41) is 12.4. The average Bonchev–Trinajstić information content (AvgIpc) is 2.66. The number of aryl methyl sites for hydroxylation is 1. The lowest BCUT2D eigenvalue weighted by Gasteiger charge is -2.12. The standard InChI is InChI=1S/C22H26N4O2/c1-6-9-23-19(7-2)20-8-10-24-22(26-20)25-18-12-14(3)16(5)17(13-18)11-15(4)21(27)28/h7-13H,6H2,1-5H3,(H,27,28)(H,24,25,26)/b15-11+,19-7-,23-9?. The van der Waals surface area contributed by atoms with Gasteiger partial charge in [-0.2, -0.15) is 0 Å². The summed E-state index contributed by atoms with van der Waals surface area (Å²) in [6.07, 6.45) is 7.96. The molecule has 0 aliphatic rings. The van der Waals surface area contributed by atoms with Crippen LogP contribution >= 0.6 is 0 Å². The first-order chi connectivity index (χ1) is 13.3. The predicted molar refractivity (Wildman–Crippen MR) is 115 cm³/mol. The molecule has 1 aromatic carbocycles. The van der Waals surface area contributed by atoms with Gasteiger partial charge in [-0.05, 0) is 75.1 Å². The Labute approximate surface area is 165 Å². The number of benzene rings is 1. The molecule has 2 N–H and O–H groups in total. The number of aromatic nitrogens is 2. The molecule has 0 radical (unpaired) electrons. The van der Waals surface area contributed by atoms with E-state index in [0.717, 1.165) is 40.2 Å². The van der Waals surface area contributed by atoms with Crippen LogP contribution in [0.15, 0.2) is 41.0 Å². The van der Waals surface area contributed by atoms with E-state index in [-0.39, 0.29) is 5.57 Å². The number of allylic oxidation sites excluding steroid dienone is 1. The fourth-order valence-electron chi connectivity index (χ4n) is 2.57. The number of hydrogen-bond acceptors (Lipinski definition) is 5. The second-order valence-electron chi connectivity index (χ2n) is 6.42. The van der Waals surface area contributed by atoms with Gasteiger partial charge < -0.3 is 10.4 Å². The maximum atomic E-state index is 11.2. The first-order valence-corrected chi connectivity index (χ1v) is 9.17. The minimum atomic E-state index is -0.932. The molecule has 0 aliphatic heterocycles. The normalized spacial score (nSPS) is 12.5. The number of aliphatic carboxylic acids is 1. The molecular weight excluding hydrogens is 352 g/mol. The van der Waals surface area contributed by atoms with Gasteiger partial charge in [0.2, 0.25) is 5.95 Å². The molecule has 0 bridgehead atoms. The highest BCUT2D eigenvalue weighted by Gasteiger charge is 2.08. The van der Waals surface area contributed by atoms with Crippen LogP contribution in [-0.2, 0) is 4.79 Å². The largest absolute Gasteiger partial charge is 0.478 e. The van der Waals surface area contributed by atoms with E-state index in [1.54, 1.807) is 19.2 Å². The highest BCUT2D eigenvalue weighted by atomic mass is 16.4. The summed E-state index contributed by atoms with van der Waals surface area (Å²) in [6, 6.07) is 5.71. The molecule has 0 fully saturated rings. The highest BCUT2D eigenvalue weighted by molar-refractivity contribution is 5.92. The Morgan fingerprint density at radius 1 is 1.32 bits per heavy atom. The van der Waals surface area contributed by atoms with E-state index in [1.165, 1.54) is 0 Å². The van der Waals surface area contributed by atoms with Gasteiger partial charge in [-0.1, -0.05) is 13.0 Å². The molecule has 0 spiro atoms. The van der Waals surface area contributed by atoms with Crippen LogP contribution in [0.4, 0.5) is 11.6 Å². The number of carbonyl (C=O) groups is 1. The van der Waals surface area contributed by atoms with Crippen LogP contribution in [0.3, 0.4) is 0 Å². The lowest BCUT2D eigenvalue weighted by atomic mass is 10.0. The van der Waals surface area contributed by atoms with Crippen LogP contribution in [0.5, 0.6) is 0 Å². The second kappa shape index (κ2) is 9.60. The van der Waals surface area contributed by atoms with Gasteiger partial charge in [0.1, 0.15) is 0 Å². The van der Waals surface area contributed by atoms with Gasteiger partial charge in [0.25, 0.3) is 0 Å². The first-order valence-electron chi connectivity index (χ1n) is 9.17. The van der Waals surface area contributed by atoms with Gasteiger partial charge >= 0.3 is 5.97 Å². The highest BCUT2D eigenvalue weighted by Crippen LogP contribution is 2.24. The molecule has 0 saturated carbocycles. The molecule has 146 valence electrons. The van der Waals surface area contributed by atoms with E-state index < -0.39 is 5.97 Å². The van der Waals surface area contributed by atoms with Crippen molar-refractivity contribution in [2.45, 2.75) is 41.0 Å². The van der Waals surface area contributed by atoms with Crippen molar-refractivity contribution in [1.29, 1.82) is 0 Å². The van der Waals surface area contributed by atoms with Crippen molar-refractivity contribution in [3.63, 3.8) is 0 Å². The number of nitrogens with one attached hydrogen (secondary N) is 1. The van der Waals surface area contributed by atoms with E-state index in [4.69, 9.17) is 5.11 Å². The molecule has 1 heterocycles. The van der Waals surface area contributed by atoms with Gasteiger partial charge in [0, 0.05) is 23.7 Å². The molecule has 6 nitrogen and oxygen atoms in total. The predicted octanol–water partition coefficient (Wildman–Crippen LogP) is 5.17. The summed E-state index contributed by atoms with van der Waals surface area (Å²) in [7, 11) is 0. The van der Waals surface area contributed by atoms with E-state index in [1.807, 2.05) is 58.2 Å². The number of anilines is 2. The van der Waals surface area contributed by atoms with Gasteiger partial charge in [-0.25, -0.2) is 14.8 Å². The fraction of sp³-hybridized carbons (Fsp3) is 0.273. The topological polar surface area (TPSA) is 87.5 Å². The molecule has 6 heteroatoms. The van der Waals surface area contributed by atoms with Crippen LogP contribution in [-0.4, -0.2) is 27.3 Å². The SMILES string of the molecule is C/C=C(\N=CCC)c1ccnc(Nc2cc(C)c(C)c(/C=C(\C)C(=O)O)c2)n1. The zero-order valence-electron chi connectivity index (χ0n) is 16.9. The molecule has 0 aliphatic carbocycles. The van der Waals surface area contributed by atoms with Crippen LogP contribution in [0.25, 0.3) is 11.8 Å². The lowest BCUT2D eigenvalue weighted by molar-refractivity contribution is -0.132. The summed E-state index contributed by atoms with van der Waals surface area (Å²) in [4.78, 5) is 24.4. The van der Waals surface area contributed by atoms with E-state index >= 15 is 0 Å². The molecule has 0 atom stereocenters. The molecule has 28 heavy (non-hydrogen) atoms. The minimum absolute atomic E-state index is 0.282. The zero-order valence-corrected chi connectivity index (χ0v) is 16.9. The van der Waals surface area contributed by atoms with Crippen molar-refractivity contribution >= 4 is 35.6 Å². The van der Waals surface area contributed by atoms with Crippen molar-refractivity contribution < 1.29 is 9.90 Å². The third kappa shape index (κ3) is 5.36. The summed E-state index contributed by atoms with van der Waals surface area (Å²) in [6.45, 7) is 9.49. The molecule has 0 unspecified atom stereocenters. The van der Waals surface area contributed by atoms with Gasteiger partial charge in [-0.15, -0.1) is 0 Å². The van der Waals surface area contributed by atoms with Gasteiger partial charge in [0.15, 0.2) is 0 Å². The molecule has 2 rings (SSSR count). The van der Waals surface area contributed by atoms with Crippen LogP contribution in [0.2, 0.25) is 0 Å². The summed E-state index contributed by atoms with van der Waals surface area (Å²) < 4.78 is 0. The van der Waals surface area contributed by atoms with Crippen molar-refractivity contribution in [3.8, 4) is 0 Å². The number of carboxylic acids is 1. The first kappa shape index (κ1) is 21.0. The number of hydrogen-bond donors (Lipinski definition) is 2. The zero-order chi connectivity index (χ0) is 20.7. The Hall–Kier alpha value is -3.28. The summed E-state index contributed by atoms with van der Waals surface area (Å²) in [5.41, 5.74) is 5.52. The van der Waals surface area contributed by atoms with Gasteiger partial charge in [0.05, 0.1) is 11.4 Å². The Balaban J connectivity index is 2.37.